The predicted octanol–water partition coefficient (Wildman–Crippen LogP) is 1.77. The van der Waals surface area contributed by atoms with Crippen molar-refractivity contribution in [3.05, 3.63) is 30.5 Å². The summed E-state index contributed by atoms with van der Waals surface area (Å²) < 4.78 is 2.54. The molecule has 0 saturated heterocycles. The largest absolute Gasteiger partial charge is 0.508 e. The van der Waals surface area contributed by atoms with Crippen LogP contribution < -0.4 is 5.73 Å². The summed E-state index contributed by atoms with van der Waals surface area (Å²) in [7, 11) is 0. The summed E-state index contributed by atoms with van der Waals surface area (Å²) >= 11 is 1.45. The number of hydrogen-bond acceptors (Lipinski definition) is 5. The number of rotatable bonds is 1. The number of aromatic nitrogens is 3. The molecule has 0 aliphatic heterocycles. The van der Waals surface area contributed by atoms with Gasteiger partial charge in [0, 0.05) is 12.3 Å². The second kappa shape index (κ2) is 3.21. The highest BCUT2D eigenvalue weighted by Crippen LogP contribution is 2.27. The summed E-state index contributed by atoms with van der Waals surface area (Å²) in [6, 6.07) is 6.79. The maximum absolute atomic E-state index is 9.35. The van der Waals surface area contributed by atoms with Crippen molar-refractivity contribution in [3.63, 3.8) is 0 Å². The Morgan fingerprint density at radius 2 is 2.19 bits per heavy atom. The molecule has 0 unspecified atom stereocenters. The van der Waals surface area contributed by atoms with Gasteiger partial charge in [0.1, 0.15) is 11.6 Å². The van der Waals surface area contributed by atoms with E-state index in [9.17, 15) is 5.11 Å². The Labute approximate surface area is 94.8 Å². The lowest BCUT2D eigenvalue weighted by Crippen LogP contribution is -1.94. The average molecular weight is 232 g/mol. The number of fused-ring (bicyclic) bond motifs is 1. The standard InChI is InChI=1S/C10H8N4OS/c11-9-3-4-14(13-9)10-12-7-2-1-6(15)5-8(7)16-10/h1-5,15H,(H2,11,13). The summed E-state index contributed by atoms with van der Waals surface area (Å²) in [6.07, 6.45) is 1.76. The molecular formula is C10H8N4OS. The molecular weight excluding hydrogens is 224 g/mol. The van der Waals surface area contributed by atoms with Crippen LogP contribution >= 0.6 is 11.3 Å². The summed E-state index contributed by atoms with van der Waals surface area (Å²) in [6.45, 7) is 0. The van der Waals surface area contributed by atoms with Crippen molar-refractivity contribution in [2.75, 3.05) is 5.73 Å². The fourth-order valence-electron chi connectivity index (χ4n) is 1.44. The first-order chi connectivity index (χ1) is 7.72. The van der Waals surface area contributed by atoms with Crippen molar-refractivity contribution in [1.29, 1.82) is 0 Å². The fourth-order valence-corrected chi connectivity index (χ4v) is 2.38. The van der Waals surface area contributed by atoms with Gasteiger partial charge in [-0.15, -0.1) is 5.10 Å². The molecule has 3 rings (SSSR count). The Morgan fingerprint density at radius 1 is 1.31 bits per heavy atom. The van der Waals surface area contributed by atoms with Crippen LogP contribution in [0.4, 0.5) is 5.82 Å². The van der Waals surface area contributed by atoms with Gasteiger partial charge in [0.2, 0.25) is 5.13 Å². The van der Waals surface area contributed by atoms with Gasteiger partial charge in [-0.2, -0.15) is 0 Å². The Kier molecular flexibility index (Phi) is 1.84. The lowest BCUT2D eigenvalue weighted by Gasteiger charge is -1.90. The van der Waals surface area contributed by atoms with Gasteiger partial charge >= 0.3 is 0 Å². The smallest absolute Gasteiger partial charge is 0.211 e. The highest BCUT2D eigenvalue weighted by molar-refractivity contribution is 7.20. The predicted molar refractivity (Wildman–Crippen MR) is 62.8 cm³/mol. The van der Waals surface area contributed by atoms with Crippen LogP contribution in [0.2, 0.25) is 0 Å². The number of thiazole rings is 1. The molecule has 0 spiro atoms. The zero-order valence-electron chi connectivity index (χ0n) is 8.16. The van der Waals surface area contributed by atoms with Gasteiger partial charge in [0.25, 0.3) is 0 Å². The molecule has 3 aromatic rings. The number of phenols is 1. The van der Waals surface area contributed by atoms with E-state index in [1.807, 2.05) is 0 Å². The molecule has 1 aromatic carbocycles. The normalized spacial score (nSPS) is 11.0. The van der Waals surface area contributed by atoms with E-state index in [1.54, 1.807) is 35.1 Å². The van der Waals surface area contributed by atoms with E-state index in [-0.39, 0.29) is 5.75 Å². The van der Waals surface area contributed by atoms with Crippen LogP contribution in [-0.4, -0.2) is 19.9 Å². The number of nitrogens with zero attached hydrogens (tertiary/aromatic N) is 3. The number of phenolic OH excluding ortho intramolecular Hbond substituents is 1. The second-order valence-corrected chi connectivity index (χ2v) is 4.34. The quantitative estimate of drug-likeness (QED) is 0.670. The molecule has 0 saturated carbocycles. The molecule has 0 atom stereocenters. The molecule has 2 aromatic heterocycles. The zero-order valence-corrected chi connectivity index (χ0v) is 8.98. The zero-order chi connectivity index (χ0) is 11.1. The van der Waals surface area contributed by atoms with Crippen molar-refractivity contribution >= 4 is 27.4 Å². The third-order valence-electron chi connectivity index (χ3n) is 2.17. The molecule has 3 N–H and O–H groups in total. The van der Waals surface area contributed by atoms with Crippen LogP contribution in [0.15, 0.2) is 30.5 Å². The highest BCUT2D eigenvalue weighted by Gasteiger charge is 2.07. The van der Waals surface area contributed by atoms with E-state index in [2.05, 4.69) is 10.1 Å². The van der Waals surface area contributed by atoms with Gasteiger partial charge in [-0.3, -0.25) is 0 Å². The molecule has 0 fully saturated rings. The van der Waals surface area contributed by atoms with Crippen LogP contribution in [0.3, 0.4) is 0 Å². The Morgan fingerprint density at radius 3 is 2.94 bits per heavy atom. The molecule has 0 aliphatic rings. The maximum atomic E-state index is 9.35. The van der Waals surface area contributed by atoms with Crippen molar-refractivity contribution < 1.29 is 5.11 Å². The number of nitrogens with two attached hydrogens (primary N) is 1. The van der Waals surface area contributed by atoms with Crippen LogP contribution in [0, 0.1) is 0 Å². The van der Waals surface area contributed by atoms with Gasteiger partial charge in [0.15, 0.2) is 0 Å². The third kappa shape index (κ3) is 1.40. The number of aromatic hydroxyl groups is 1. The van der Waals surface area contributed by atoms with Crippen LogP contribution in [0.5, 0.6) is 5.75 Å². The number of nitrogen functional groups attached to an aromatic ring is 1. The van der Waals surface area contributed by atoms with E-state index in [1.165, 1.54) is 11.3 Å². The molecule has 2 heterocycles. The highest BCUT2D eigenvalue weighted by atomic mass is 32.1. The lowest BCUT2D eigenvalue weighted by molar-refractivity contribution is 0.476. The van der Waals surface area contributed by atoms with E-state index >= 15 is 0 Å². The van der Waals surface area contributed by atoms with E-state index < -0.39 is 0 Å². The Hall–Kier alpha value is -2.08. The van der Waals surface area contributed by atoms with Crippen molar-refractivity contribution in [1.82, 2.24) is 14.8 Å². The van der Waals surface area contributed by atoms with Crippen LogP contribution in [0.25, 0.3) is 15.3 Å². The minimum absolute atomic E-state index is 0.239. The average Bonchev–Trinajstić information content (AvgIpc) is 2.83. The molecule has 0 radical (unpaired) electrons. The van der Waals surface area contributed by atoms with Crippen molar-refractivity contribution in [2.24, 2.45) is 0 Å². The van der Waals surface area contributed by atoms with Crippen molar-refractivity contribution in [3.8, 4) is 10.9 Å². The summed E-state index contributed by atoms with van der Waals surface area (Å²) in [4.78, 5) is 4.39. The number of benzene rings is 1. The van der Waals surface area contributed by atoms with E-state index in [0.717, 1.165) is 15.3 Å². The summed E-state index contributed by atoms with van der Waals surface area (Å²) in [5, 5.41) is 14.2. The van der Waals surface area contributed by atoms with E-state index in [4.69, 9.17) is 5.73 Å². The topological polar surface area (TPSA) is 77.0 Å². The molecule has 0 amide bonds. The van der Waals surface area contributed by atoms with Crippen LogP contribution in [0.1, 0.15) is 0 Å². The molecule has 80 valence electrons. The SMILES string of the molecule is Nc1ccn(-c2nc3ccc(O)cc3s2)n1. The van der Waals surface area contributed by atoms with Gasteiger partial charge in [-0.1, -0.05) is 11.3 Å². The monoisotopic (exact) mass is 232 g/mol. The number of anilines is 1. The van der Waals surface area contributed by atoms with Crippen LogP contribution in [-0.2, 0) is 0 Å². The summed E-state index contributed by atoms with van der Waals surface area (Å²) in [5.41, 5.74) is 6.38. The van der Waals surface area contributed by atoms with Gasteiger partial charge in [-0.25, -0.2) is 9.67 Å². The second-order valence-electron chi connectivity index (χ2n) is 3.33. The van der Waals surface area contributed by atoms with Gasteiger partial charge < -0.3 is 10.8 Å². The third-order valence-corrected chi connectivity index (χ3v) is 3.17. The van der Waals surface area contributed by atoms with E-state index in [0.29, 0.717) is 5.82 Å². The number of hydrogen-bond donors (Lipinski definition) is 2. The maximum Gasteiger partial charge on any atom is 0.211 e. The first kappa shape index (κ1) is 9.17. The lowest BCUT2D eigenvalue weighted by atomic mass is 10.3. The molecule has 6 heteroatoms. The Balaban J connectivity index is 2.18. The Bertz CT molecular complexity index is 658. The fraction of sp³-hybridized carbons (Fsp3) is 0. The first-order valence-corrected chi connectivity index (χ1v) is 5.45. The molecule has 0 bridgehead atoms. The first-order valence-electron chi connectivity index (χ1n) is 4.63. The molecule has 0 aliphatic carbocycles. The van der Waals surface area contributed by atoms with Gasteiger partial charge in [0.05, 0.1) is 10.2 Å². The summed E-state index contributed by atoms with van der Waals surface area (Å²) in [5.74, 6) is 0.699. The van der Waals surface area contributed by atoms with Crippen molar-refractivity contribution in [2.45, 2.75) is 0 Å². The minimum atomic E-state index is 0.239. The molecule has 16 heavy (non-hydrogen) atoms. The van der Waals surface area contributed by atoms with Gasteiger partial charge in [-0.05, 0) is 18.2 Å². The minimum Gasteiger partial charge on any atom is -0.508 e. The molecule has 5 nitrogen and oxygen atoms in total.